The molecule has 1 aromatic rings. The lowest BCUT2D eigenvalue weighted by Gasteiger charge is -2.17. The highest BCUT2D eigenvalue weighted by Gasteiger charge is 2.20. The van der Waals surface area contributed by atoms with Gasteiger partial charge < -0.3 is 14.4 Å². The van der Waals surface area contributed by atoms with E-state index >= 15 is 0 Å². The van der Waals surface area contributed by atoms with Crippen LogP contribution in [0.2, 0.25) is 0 Å². The molecule has 0 unspecified atom stereocenters. The Morgan fingerprint density at radius 2 is 1.94 bits per heavy atom. The summed E-state index contributed by atoms with van der Waals surface area (Å²) in [5, 5.41) is 0. The summed E-state index contributed by atoms with van der Waals surface area (Å²) in [7, 11) is 3.20. The maximum atomic E-state index is 12.1. The lowest BCUT2D eigenvalue weighted by atomic mass is 10.1. The highest BCUT2D eigenvalue weighted by Crippen LogP contribution is 2.31. The number of rotatable bonds is 4. The molecule has 0 atom stereocenters. The summed E-state index contributed by atoms with van der Waals surface area (Å²) < 4.78 is 10.6. The van der Waals surface area contributed by atoms with E-state index in [-0.39, 0.29) is 5.91 Å². The number of carbonyl (C=O) groups excluding carboxylic acids is 1. The van der Waals surface area contributed by atoms with E-state index in [2.05, 4.69) is 0 Å². The van der Waals surface area contributed by atoms with Crippen molar-refractivity contribution in [3.8, 4) is 11.5 Å². The number of hydrogen-bond donors (Lipinski definition) is 0. The first-order valence-electron chi connectivity index (χ1n) is 6.24. The minimum atomic E-state index is 0.166. The van der Waals surface area contributed by atoms with Crippen LogP contribution in [-0.2, 0) is 11.2 Å². The van der Waals surface area contributed by atoms with Gasteiger partial charge in [0.1, 0.15) is 0 Å². The minimum Gasteiger partial charge on any atom is -0.493 e. The Balaban J connectivity index is 2.15. The highest BCUT2D eigenvalue weighted by molar-refractivity contribution is 5.80. The van der Waals surface area contributed by atoms with Crippen LogP contribution >= 0.6 is 0 Å². The molecule has 4 heteroatoms. The number of ether oxygens (including phenoxy) is 2. The molecular weight excluding hydrogens is 230 g/mol. The van der Waals surface area contributed by atoms with Crippen LogP contribution in [0.15, 0.2) is 18.2 Å². The van der Waals surface area contributed by atoms with Crippen LogP contribution in [0.4, 0.5) is 0 Å². The summed E-state index contributed by atoms with van der Waals surface area (Å²) in [6.45, 7) is 1.76. The van der Waals surface area contributed by atoms with E-state index in [1.807, 2.05) is 23.1 Å². The zero-order chi connectivity index (χ0) is 13.0. The van der Waals surface area contributed by atoms with E-state index in [9.17, 15) is 4.79 Å². The summed E-state index contributed by atoms with van der Waals surface area (Å²) in [4.78, 5) is 14.0. The summed E-state index contributed by atoms with van der Waals surface area (Å²) in [6, 6.07) is 5.63. The second-order valence-electron chi connectivity index (χ2n) is 4.42. The van der Waals surface area contributed by atoms with Gasteiger partial charge in [-0.2, -0.15) is 0 Å². The van der Waals surface area contributed by atoms with E-state index in [0.717, 1.165) is 31.5 Å². The second-order valence-corrected chi connectivity index (χ2v) is 4.42. The zero-order valence-electron chi connectivity index (χ0n) is 10.9. The number of benzene rings is 1. The fraction of sp³-hybridized carbons (Fsp3) is 0.500. The molecule has 18 heavy (non-hydrogen) atoms. The number of para-hydroxylation sites is 1. The molecule has 98 valence electrons. The predicted molar refractivity (Wildman–Crippen MR) is 69.1 cm³/mol. The first-order chi connectivity index (χ1) is 8.76. The molecule has 0 spiro atoms. The molecule has 1 aliphatic rings. The maximum absolute atomic E-state index is 12.1. The lowest BCUT2D eigenvalue weighted by molar-refractivity contribution is -0.129. The lowest BCUT2D eigenvalue weighted by Crippen LogP contribution is -2.29. The van der Waals surface area contributed by atoms with Crippen LogP contribution in [0.3, 0.4) is 0 Å². The summed E-state index contributed by atoms with van der Waals surface area (Å²) in [5.41, 5.74) is 0.883. The number of amides is 1. The third-order valence-corrected chi connectivity index (χ3v) is 3.28. The normalized spacial score (nSPS) is 14.7. The van der Waals surface area contributed by atoms with Gasteiger partial charge in [-0.15, -0.1) is 0 Å². The van der Waals surface area contributed by atoms with Gasteiger partial charge in [-0.3, -0.25) is 4.79 Å². The van der Waals surface area contributed by atoms with Crippen molar-refractivity contribution >= 4 is 5.91 Å². The molecule has 4 nitrogen and oxygen atoms in total. The van der Waals surface area contributed by atoms with Crippen molar-refractivity contribution in [3.05, 3.63) is 23.8 Å². The SMILES string of the molecule is COc1cccc(CC(=O)N2CCCC2)c1OC. The average molecular weight is 249 g/mol. The van der Waals surface area contributed by atoms with E-state index in [1.54, 1.807) is 14.2 Å². The monoisotopic (exact) mass is 249 g/mol. The van der Waals surface area contributed by atoms with Gasteiger partial charge in [0.15, 0.2) is 11.5 Å². The predicted octanol–water partition coefficient (Wildman–Crippen LogP) is 1.87. The van der Waals surface area contributed by atoms with E-state index in [4.69, 9.17) is 9.47 Å². The number of methoxy groups -OCH3 is 2. The highest BCUT2D eigenvalue weighted by atomic mass is 16.5. The van der Waals surface area contributed by atoms with Crippen LogP contribution < -0.4 is 9.47 Å². The quantitative estimate of drug-likeness (QED) is 0.817. The molecule has 0 N–H and O–H groups in total. The Labute approximate surface area is 107 Å². The third-order valence-electron chi connectivity index (χ3n) is 3.28. The number of nitrogens with zero attached hydrogens (tertiary/aromatic N) is 1. The molecule has 1 aliphatic heterocycles. The molecule has 1 heterocycles. The maximum Gasteiger partial charge on any atom is 0.227 e. The number of hydrogen-bond acceptors (Lipinski definition) is 3. The molecule has 1 fully saturated rings. The number of carbonyl (C=O) groups is 1. The standard InChI is InChI=1S/C14H19NO3/c1-17-12-7-5-6-11(14(12)18-2)10-13(16)15-8-3-4-9-15/h5-7H,3-4,8-10H2,1-2H3. The van der Waals surface area contributed by atoms with Gasteiger partial charge in [0.25, 0.3) is 0 Å². The molecule has 0 aromatic heterocycles. The fourth-order valence-corrected chi connectivity index (χ4v) is 2.33. The summed E-state index contributed by atoms with van der Waals surface area (Å²) in [5.74, 6) is 1.50. The van der Waals surface area contributed by atoms with Crippen LogP contribution in [-0.4, -0.2) is 38.1 Å². The molecule has 1 saturated heterocycles. The average Bonchev–Trinajstić information content (AvgIpc) is 2.92. The van der Waals surface area contributed by atoms with Crippen LogP contribution in [0.5, 0.6) is 11.5 Å². The summed E-state index contributed by atoms with van der Waals surface area (Å²) >= 11 is 0. The van der Waals surface area contributed by atoms with Gasteiger partial charge in [-0.05, 0) is 18.9 Å². The molecule has 0 aliphatic carbocycles. The summed E-state index contributed by atoms with van der Waals surface area (Å²) in [6.07, 6.45) is 2.60. The van der Waals surface area contributed by atoms with Crippen molar-refractivity contribution in [2.24, 2.45) is 0 Å². The van der Waals surface area contributed by atoms with E-state index in [0.29, 0.717) is 17.9 Å². The van der Waals surface area contributed by atoms with Crippen molar-refractivity contribution in [1.82, 2.24) is 4.90 Å². The molecular formula is C14H19NO3. The van der Waals surface area contributed by atoms with Crippen LogP contribution in [0.25, 0.3) is 0 Å². The van der Waals surface area contributed by atoms with Gasteiger partial charge in [-0.25, -0.2) is 0 Å². The first-order valence-corrected chi connectivity index (χ1v) is 6.24. The molecule has 2 rings (SSSR count). The molecule has 0 saturated carbocycles. The Morgan fingerprint density at radius 1 is 1.22 bits per heavy atom. The largest absolute Gasteiger partial charge is 0.493 e. The Morgan fingerprint density at radius 3 is 2.56 bits per heavy atom. The van der Waals surface area contributed by atoms with Gasteiger partial charge in [0.2, 0.25) is 5.91 Å². The smallest absolute Gasteiger partial charge is 0.227 e. The van der Waals surface area contributed by atoms with Gasteiger partial charge in [0.05, 0.1) is 20.6 Å². The van der Waals surface area contributed by atoms with Gasteiger partial charge in [-0.1, -0.05) is 12.1 Å². The van der Waals surface area contributed by atoms with Gasteiger partial charge >= 0.3 is 0 Å². The van der Waals surface area contributed by atoms with Crippen LogP contribution in [0.1, 0.15) is 18.4 Å². The minimum absolute atomic E-state index is 0.166. The second kappa shape index (κ2) is 5.76. The van der Waals surface area contributed by atoms with Crippen molar-refractivity contribution in [2.45, 2.75) is 19.3 Å². The van der Waals surface area contributed by atoms with E-state index < -0.39 is 0 Å². The molecule has 0 bridgehead atoms. The molecule has 0 radical (unpaired) electrons. The van der Waals surface area contributed by atoms with Crippen molar-refractivity contribution in [2.75, 3.05) is 27.3 Å². The van der Waals surface area contributed by atoms with Crippen molar-refractivity contribution in [3.63, 3.8) is 0 Å². The zero-order valence-corrected chi connectivity index (χ0v) is 10.9. The Kier molecular flexibility index (Phi) is 4.07. The Bertz CT molecular complexity index is 425. The van der Waals surface area contributed by atoms with Crippen molar-refractivity contribution < 1.29 is 14.3 Å². The molecule has 1 amide bonds. The van der Waals surface area contributed by atoms with Crippen LogP contribution in [0, 0.1) is 0 Å². The Hall–Kier alpha value is -1.71. The fourth-order valence-electron chi connectivity index (χ4n) is 2.33. The topological polar surface area (TPSA) is 38.8 Å². The van der Waals surface area contributed by atoms with Crippen molar-refractivity contribution in [1.29, 1.82) is 0 Å². The van der Waals surface area contributed by atoms with Gasteiger partial charge in [0, 0.05) is 18.7 Å². The third kappa shape index (κ3) is 2.58. The first kappa shape index (κ1) is 12.7. The number of likely N-dealkylation sites (tertiary alicyclic amines) is 1. The molecule has 1 aromatic carbocycles. The van der Waals surface area contributed by atoms with E-state index in [1.165, 1.54) is 0 Å².